The molecule has 2 aliphatic rings. The van der Waals surface area contributed by atoms with Gasteiger partial charge in [-0.2, -0.15) is 0 Å². The quantitative estimate of drug-likeness (QED) is 0.776. The van der Waals surface area contributed by atoms with Crippen molar-refractivity contribution in [2.45, 2.75) is 82.7 Å². The van der Waals surface area contributed by atoms with Gasteiger partial charge in [0.2, 0.25) is 0 Å². The topological polar surface area (TPSA) is 38.3 Å². The van der Waals surface area contributed by atoms with Gasteiger partial charge in [0.1, 0.15) is 6.04 Å². The third kappa shape index (κ3) is 4.79. The largest absolute Gasteiger partial charge is 0.468 e. The summed E-state index contributed by atoms with van der Waals surface area (Å²) in [6, 6.07) is 0.456. The molecule has 0 saturated heterocycles. The smallest absolute Gasteiger partial charge is 0.322 e. The first kappa shape index (κ1) is 14.8. The minimum atomic E-state index is -0.0730. The maximum atomic E-state index is 12.0. The number of rotatable bonds is 5. The minimum absolute atomic E-state index is 0.0591. The van der Waals surface area contributed by atoms with E-state index in [0.717, 1.165) is 6.42 Å². The molecule has 0 aromatic carbocycles. The molecule has 3 heteroatoms. The zero-order valence-electron chi connectivity index (χ0n) is 12.3. The van der Waals surface area contributed by atoms with Gasteiger partial charge in [0.25, 0.3) is 0 Å². The number of carbonyl (C=O) groups is 1. The molecule has 2 fully saturated rings. The number of hydrogen-bond acceptors (Lipinski definition) is 3. The number of esters is 1. The van der Waals surface area contributed by atoms with Gasteiger partial charge >= 0.3 is 5.97 Å². The highest BCUT2D eigenvalue weighted by Crippen LogP contribution is 2.28. The van der Waals surface area contributed by atoms with Gasteiger partial charge in [0.15, 0.2) is 0 Å². The Morgan fingerprint density at radius 3 is 2.21 bits per heavy atom. The van der Waals surface area contributed by atoms with Gasteiger partial charge in [-0.3, -0.25) is 4.79 Å². The molecule has 1 N–H and O–H groups in total. The van der Waals surface area contributed by atoms with Crippen LogP contribution in [-0.4, -0.2) is 25.2 Å². The summed E-state index contributed by atoms with van der Waals surface area (Å²) in [5.41, 5.74) is 0. The Morgan fingerprint density at radius 1 is 1.05 bits per heavy atom. The van der Waals surface area contributed by atoms with Crippen LogP contribution in [0.15, 0.2) is 0 Å². The van der Waals surface area contributed by atoms with Gasteiger partial charge in [-0.1, -0.05) is 51.4 Å². The number of hydrogen-bond donors (Lipinski definition) is 1. The first-order valence-electron chi connectivity index (χ1n) is 8.13. The van der Waals surface area contributed by atoms with Crippen LogP contribution >= 0.6 is 0 Å². The zero-order valence-corrected chi connectivity index (χ0v) is 12.3. The Bertz CT molecular complexity index is 248. The van der Waals surface area contributed by atoms with Crippen LogP contribution in [-0.2, 0) is 9.53 Å². The molecule has 0 heterocycles. The van der Waals surface area contributed by atoms with Gasteiger partial charge in [-0.05, 0) is 25.2 Å². The van der Waals surface area contributed by atoms with Crippen LogP contribution < -0.4 is 5.32 Å². The molecule has 0 radical (unpaired) electrons. The monoisotopic (exact) mass is 267 g/mol. The lowest BCUT2D eigenvalue weighted by Gasteiger charge is -2.30. The molecular formula is C16H29NO2. The third-order valence-corrected chi connectivity index (χ3v) is 4.82. The summed E-state index contributed by atoms with van der Waals surface area (Å²) in [6.45, 7) is 0. The van der Waals surface area contributed by atoms with E-state index in [1.807, 2.05) is 0 Å². The Morgan fingerprint density at radius 2 is 1.63 bits per heavy atom. The summed E-state index contributed by atoms with van der Waals surface area (Å²) in [6.07, 6.45) is 14.0. The molecule has 0 aliphatic heterocycles. The average Bonchev–Trinajstić information content (AvgIpc) is 2.48. The van der Waals surface area contributed by atoms with E-state index in [9.17, 15) is 4.79 Å². The predicted octanol–water partition coefficient (Wildman–Crippen LogP) is 3.42. The fraction of sp³-hybridized carbons (Fsp3) is 0.938. The Labute approximate surface area is 117 Å². The fourth-order valence-corrected chi connectivity index (χ4v) is 3.68. The molecule has 0 spiro atoms. The summed E-state index contributed by atoms with van der Waals surface area (Å²) < 4.78 is 4.99. The van der Waals surface area contributed by atoms with Crippen molar-refractivity contribution in [1.82, 2.24) is 5.32 Å². The molecular weight excluding hydrogens is 238 g/mol. The molecule has 1 unspecified atom stereocenters. The molecule has 0 bridgehead atoms. The second kappa shape index (κ2) is 7.88. The van der Waals surface area contributed by atoms with Crippen molar-refractivity contribution < 1.29 is 9.53 Å². The second-order valence-electron chi connectivity index (χ2n) is 6.32. The van der Waals surface area contributed by atoms with Crippen molar-refractivity contribution in [2.24, 2.45) is 5.92 Å². The van der Waals surface area contributed by atoms with Crippen LogP contribution in [0.3, 0.4) is 0 Å². The van der Waals surface area contributed by atoms with E-state index in [1.54, 1.807) is 0 Å². The second-order valence-corrected chi connectivity index (χ2v) is 6.32. The number of ether oxygens (including phenoxy) is 1. The van der Waals surface area contributed by atoms with Gasteiger partial charge < -0.3 is 10.1 Å². The van der Waals surface area contributed by atoms with E-state index in [4.69, 9.17) is 4.74 Å². The van der Waals surface area contributed by atoms with E-state index in [1.165, 1.54) is 71.3 Å². The Balaban J connectivity index is 1.84. The maximum absolute atomic E-state index is 12.0. The zero-order chi connectivity index (χ0) is 13.5. The maximum Gasteiger partial charge on any atom is 0.322 e. The molecule has 0 amide bonds. The highest BCUT2D eigenvalue weighted by molar-refractivity contribution is 5.75. The highest BCUT2D eigenvalue weighted by atomic mass is 16.5. The van der Waals surface area contributed by atoms with Crippen molar-refractivity contribution in [3.05, 3.63) is 0 Å². The molecule has 110 valence electrons. The average molecular weight is 267 g/mol. The first-order valence-corrected chi connectivity index (χ1v) is 8.13. The summed E-state index contributed by atoms with van der Waals surface area (Å²) in [5.74, 6) is 0.657. The van der Waals surface area contributed by atoms with E-state index in [0.29, 0.717) is 12.0 Å². The minimum Gasteiger partial charge on any atom is -0.468 e. The SMILES string of the molecule is COC(=O)C(CC1CCCCC1)NC1CCCCC1. The van der Waals surface area contributed by atoms with E-state index in [2.05, 4.69) is 5.32 Å². The summed E-state index contributed by atoms with van der Waals surface area (Å²) in [5, 5.41) is 3.58. The molecule has 0 aromatic rings. The van der Waals surface area contributed by atoms with Gasteiger partial charge in [-0.15, -0.1) is 0 Å². The van der Waals surface area contributed by atoms with Gasteiger partial charge in [-0.25, -0.2) is 0 Å². The number of carbonyl (C=O) groups excluding carboxylic acids is 1. The molecule has 0 aromatic heterocycles. The van der Waals surface area contributed by atoms with Crippen molar-refractivity contribution in [3.63, 3.8) is 0 Å². The Hall–Kier alpha value is -0.570. The van der Waals surface area contributed by atoms with E-state index >= 15 is 0 Å². The van der Waals surface area contributed by atoms with Crippen molar-refractivity contribution >= 4 is 5.97 Å². The van der Waals surface area contributed by atoms with Crippen LogP contribution in [0.2, 0.25) is 0 Å². The molecule has 3 nitrogen and oxygen atoms in total. The lowest BCUT2D eigenvalue weighted by molar-refractivity contribution is -0.144. The standard InChI is InChI=1S/C16H29NO2/c1-19-16(18)15(12-13-8-4-2-5-9-13)17-14-10-6-3-7-11-14/h13-15,17H,2-12H2,1H3. The van der Waals surface area contributed by atoms with Crippen LogP contribution in [0.5, 0.6) is 0 Å². The highest BCUT2D eigenvalue weighted by Gasteiger charge is 2.27. The molecule has 2 saturated carbocycles. The molecule has 1 atom stereocenters. The van der Waals surface area contributed by atoms with Crippen LogP contribution in [0, 0.1) is 5.92 Å². The van der Waals surface area contributed by atoms with E-state index < -0.39 is 0 Å². The summed E-state index contributed by atoms with van der Waals surface area (Å²) >= 11 is 0. The first-order chi connectivity index (χ1) is 9.29. The van der Waals surface area contributed by atoms with Crippen molar-refractivity contribution in [3.8, 4) is 0 Å². The predicted molar refractivity (Wildman–Crippen MR) is 77.0 cm³/mol. The van der Waals surface area contributed by atoms with Crippen LogP contribution in [0.25, 0.3) is 0 Å². The Kier molecular flexibility index (Phi) is 6.15. The van der Waals surface area contributed by atoms with Crippen molar-refractivity contribution in [2.75, 3.05) is 7.11 Å². The summed E-state index contributed by atoms with van der Waals surface area (Å²) in [7, 11) is 1.51. The fourth-order valence-electron chi connectivity index (χ4n) is 3.68. The normalized spacial score (nSPS) is 24.1. The van der Waals surface area contributed by atoms with Gasteiger partial charge in [0.05, 0.1) is 7.11 Å². The molecule has 19 heavy (non-hydrogen) atoms. The van der Waals surface area contributed by atoms with Crippen molar-refractivity contribution in [1.29, 1.82) is 0 Å². The van der Waals surface area contributed by atoms with Crippen LogP contribution in [0.1, 0.15) is 70.6 Å². The molecule has 2 rings (SSSR count). The van der Waals surface area contributed by atoms with E-state index in [-0.39, 0.29) is 12.0 Å². The summed E-state index contributed by atoms with van der Waals surface area (Å²) in [4.78, 5) is 12.0. The number of nitrogens with one attached hydrogen (secondary N) is 1. The lowest BCUT2D eigenvalue weighted by Crippen LogP contribution is -2.45. The molecule has 2 aliphatic carbocycles. The van der Waals surface area contributed by atoms with Gasteiger partial charge in [0, 0.05) is 6.04 Å². The third-order valence-electron chi connectivity index (χ3n) is 4.82. The number of methoxy groups -OCH3 is 1. The lowest BCUT2D eigenvalue weighted by atomic mass is 9.84. The van der Waals surface area contributed by atoms with Crippen LogP contribution in [0.4, 0.5) is 0 Å².